The van der Waals surface area contributed by atoms with Gasteiger partial charge in [-0.25, -0.2) is 0 Å². The van der Waals surface area contributed by atoms with Crippen LogP contribution in [0.2, 0.25) is 16.6 Å². The molecule has 1 saturated heterocycles. The first-order valence-electron chi connectivity index (χ1n) is 8.17. The van der Waals surface area contributed by atoms with Gasteiger partial charge in [-0.15, -0.1) is 0 Å². The lowest BCUT2D eigenvalue weighted by Gasteiger charge is -2.46. The highest BCUT2D eigenvalue weighted by Crippen LogP contribution is 2.46. The van der Waals surface area contributed by atoms with Crippen molar-refractivity contribution in [2.75, 3.05) is 0 Å². The van der Waals surface area contributed by atoms with Crippen molar-refractivity contribution in [2.24, 2.45) is 5.92 Å². The van der Waals surface area contributed by atoms with Gasteiger partial charge >= 0.3 is 5.97 Å². The van der Waals surface area contributed by atoms with E-state index in [9.17, 15) is 4.79 Å². The van der Waals surface area contributed by atoms with E-state index in [-0.39, 0.29) is 24.1 Å². The molecule has 1 heterocycles. The maximum Gasteiger partial charge on any atom is 0.309 e. The van der Waals surface area contributed by atoms with Crippen LogP contribution in [-0.4, -0.2) is 26.5 Å². The summed E-state index contributed by atoms with van der Waals surface area (Å²) in [4.78, 5) is 11.7. The van der Waals surface area contributed by atoms with E-state index in [1.54, 1.807) is 0 Å². The fourth-order valence-corrected chi connectivity index (χ4v) is 10.1. The van der Waals surface area contributed by atoms with E-state index in [1.807, 2.05) is 0 Å². The molecule has 2 rings (SSSR count). The Bertz CT molecular complexity index is 343. The maximum atomic E-state index is 11.7. The Hall–Kier alpha value is -0.353. The zero-order chi connectivity index (χ0) is 15.1. The molecule has 2 fully saturated rings. The van der Waals surface area contributed by atoms with E-state index in [4.69, 9.17) is 9.16 Å². The second-order valence-corrected chi connectivity index (χ2v) is 12.9. The van der Waals surface area contributed by atoms with Gasteiger partial charge in [-0.1, -0.05) is 41.5 Å². The summed E-state index contributed by atoms with van der Waals surface area (Å²) in [5.41, 5.74) is 1.74. The largest absolute Gasteiger partial charge is 0.459 e. The molecule has 3 nitrogen and oxygen atoms in total. The molecule has 0 N–H and O–H groups in total. The van der Waals surface area contributed by atoms with Crippen LogP contribution in [0.4, 0.5) is 0 Å². The third kappa shape index (κ3) is 2.57. The van der Waals surface area contributed by atoms with Crippen LogP contribution in [0.25, 0.3) is 0 Å². The van der Waals surface area contributed by atoms with E-state index >= 15 is 0 Å². The van der Waals surface area contributed by atoms with Crippen molar-refractivity contribution in [1.29, 1.82) is 0 Å². The van der Waals surface area contributed by atoms with Crippen molar-refractivity contribution < 1.29 is 14.0 Å². The predicted molar refractivity (Wildman–Crippen MR) is 83.1 cm³/mol. The third-order valence-electron chi connectivity index (χ3n) is 5.39. The zero-order valence-corrected chi connectivity index (χ0v) is 14.8. The van der Waals surface area contributed by atoms with E-state index in [0.717, 1.165) is 19.3 Å². The van der Waals surface area contributed by atoms with E-state index in [0.29, 0.717) is 16.6 Å². The van der Waals surface area contributed by atoms with Crippen LogP contribution < -0.4 is 0 Å². The number of ether oxygens (including phenoxy) is 1. The van der Waals surface area contributed by atoms with Crippen molar-refractivity contribution in [2.45, 2.75) is 89.6 Å². The van der Waals surface area contributed by atoms with E-state index < -0.39 is 8.32 Å². The maximum absolute atomic E-state index is 11.7. The smallest absolute Gasteiger partial charge is 0.309 e. The van der Waals surface area contributed by atoms with Gasteiger partial charge in [-0.3, -0.25) is 4.79 Å². The Morgan fingerprint density at radius 2 is 1.60 bits per heavy atom. The molecule has 2 aliphatic rings. The summed E-state index contributed by atoms with van der Waals surface area (Å²) in [5.74, 6) is 0.153. The summed E-state index contributed by atoms with van der Waals surface area (Å²) in [7, 11) is -1.87. The molecule has 20 heavy (non-hydrogen) atoms. The Morgan fingerprint density at radius 1 is 1.05 bits per heavy atom. The van der Waals surface area contributed by atoms with E-state index in [1.165, 1.54) is 0 Å². The number of rotatable bonds is 5. The highest BCUT2D eigenvalue weighted by atomic mass is 28.4. The van der Waals surface area contributed by atoms with Gasteiger partial charge in [0.05, 0.1) is 12.0 Å². The minimum atomic E-state index is -1.87. The number of esters is 1. The minimum absolute atomic E-state index is 0.00649. The topological polar surface area (TPSA) is 35.5 Å². The summed E-state index contributed by atoms with van der Waals surface area (Å²) in [5, 5.41) is 0. The van der Waals surface area contributed by atoms with Gasteiger partial charge in [0.25, 0.3) is 0 Å². The molecule has 0 spiro atoms. The summed E-state index contributed by atoms with van der Waals surface area (Å²) in [6.07, 6.45) is 2.96. The van der Waals surface area contributed by atoms with Crippen LogP contribution in [0.1, 0.15) is 60.8 Å². The Morgan fingerprint density at radius 3 is 2.10 bits per heavy atom. The summed E-state index contributed by atoms with van der Waals surface area (Å²) < 4.78 is 12.3. The third-order valence-corrected chi connectivity index (χ3v) is 11.5. The number of carbonyl (C=O) groups excluding carboxylic acids is 1. The average molecular weight is 298 g/mol. The number of fused-ring (bicyclic) bond motifs is 2. The summed E-state index contributed by atoms with van der Waals surface area (Å²) >= 11 is 0. The number of hydrogen-bond acceptors (Lipinski definition) is 3. The first-order valence-corrected chi connectivity index (χ1v) is 10.3. The van der Waals surface area contributed by atoms with Gasteiger partial charge < -0.3 is 9.16 Å². The normalized spacial score (nSPS) is 30.4. The molecule has 0 aromatic rings. The summed E-state index contributed by atoms with van der Waals surface area (Å²) in [6.45, 7) is 13.8. The molecule has 0 radical (unpaired) electrons. The molecule has 116 valence electrons. The standard InChI is InChI=1S/C16H30O3Si/c1-10(2)20(11(3)4,12(5)6)19-14-8-7-13-9-15(14)18-16(13)17/h10-15H,7-9H2,1-6H3/t13-,14-,15-/m1/s1. The molecule has 0 amide bonds. The van der Waals surface area contributed by atoms with Gasteiger partial charge in [0, 0.05) is 6.42 Å². The van der Waals surface area contributed by atoms with Gasteiger partial charge in [0.2, 0.25) is 8.32 Å². The lowest BCUT2D eigenvalue weighted by Crippen LogP contribution is -2.52. The van der Waals surface area contributed by atoms with Gasteiger partial charge in [0.1, 0.15) is 6.10 Å². The molecular formula is C16H30O3Si. The first kappa shape index (κ1) is 16.0. The minimum Gasteiger partial charge on any atom is -0.459 e. The fraction of sp³-hybridized carbons (Fsp3) is 0.938. The molecule has 0 aromatic heterocycles. The van der Waals surface area contributed by atoms with Crippen LogP contribution in [-0.2, 0) is 14.0 Å². The van der Waals surface area contributed by atoms with Crippen molar-refractivity contribution >= 4 is 14.3 Å². The molecule has 0 unspecified atom stereocenters. The van der Waals surface area contributed by atoms with Crippen LogP contribution in [0.15, 0.2) is 0 Å². The Balaban J connectivity index is 2.18. The lowest BCUT2D eigenvalue weighted by molar-refractivity contribution is -0.145. The average Bonchev–Trinajstić information content (AvgIpc) is 2.63. The van der Waals surface area contributed by atoms with Crippen molar-refractivity contribution in [3.8, 4) is 0 Å². The van der Waals surface area contributed by atoms with Crippen LogP contribution in [0.3, 0.4) is 0 Å². The highest BCUT2D eigenvalue weighted by Gasteiger charge is 2.51. The van der Waals surface area contributed by atoms with Gasteiger partial charge in [-0.05, 0) is 29.5 Å². The van der Waals surface area contributed by atoms with Crippen LogP contribution in [0, 0.1) is 5.92 Å². The second kappa shape index (κ2) is 5.80. The lowest BCUT2D eigenvalue weighted by atomic mass is 9.88. The molecule has 0 aromatic carbocycles. The number of carbonyl (C=O) groups is 1. The van der Waals surface area contributed by atoms with Gasteiger partial charge in [-0.2, -0.15) is 0 Å². The highest BCUT2D eigenvalue weighted by molar-refractivity contribution is 6.77. The number of hydrogen-bond donors (Lipinski definition) is 0. The molecule has 4 heteroatoms. The molecule has 1 saturated carbocycles. The van der Waals surface area contributed by atoms with Crippen molar-refractivity contribution in [1.82, 2.24) is 0 Å². The van der Waals surface area contributed by atoms with E-state index in [2.05, 4.69) is 41.5 Å². The molecule has 2 bridgehead atoms. The van der Waals surface area contributed by atoms with Crippen LogP contribution in [0.5, 0.6) is 0 Å². The fourth-order valence-electron chi connectivity index (χ4n) is 4.49. The SMILES string of the molecule is CC(C)[Si](O[C@@H]1CC[C@@H]2C[C@H]1OC2=O)(C(C)C)C(C)C. The predicted octanol–water partition coefficient (Wildman–Crippen LogP) is 4.27. The monoisotopic (exact) mass is 298 g/mol. The summed E-state index contributed by atoms with van der Waals surface area (Å²) in [6, 6.07) is 0. The molecular weight excluding hydrogens is 268 g/mol. The second-order valence-electron chi connectivity index (χ2n) is 7.46. The first-order chi connectivity index (χ1) is 9.29. The van der Waals surface area contributed by atoms with Crippen molar-refractivity contribution in [3.05, 3.63) is 0 Å². The quantitative estimate of drug-likeness (QED) is 0.561. The Kier molecular flexibility index (Phi) is 4.65. The molecule has 3 atom stereocenters. The molecule has 1 aliphatic carbocycles. The van der Waals surface area contributed by atoms with Crippen molar-refractivity contribution in [3.63, 3.8) is 0 Å². The Labute approximate surface area is 124 Å². The zero-order valence-electron chi connectivity index (χ0n) is 13.8. The van der Waals surface area contributed by atoms with Gasteiger partial charge in [0.15, 0.2) is 0 Å². The van der Waals surface area contributed by atoms with Crippen LogP contribution >= 0.6 is 0 Å². The molecule has 1 aliphatic heterocycles.